The molecule has 0 N–H and O–H groups in total. The largest absolute Gasteiger partial charge is 0.309 e. The van der Waals surface area contributed by atoms with Crippen molar-refractivity contribution >= 4 is 55.0 Å². The predicted molar refractivity (Wildman–Crippen MR) is 298 cm³/mol. The predicted octanol–water partition coefficient (Wildman–Crippen LogP) is 17.1. The molecule has 12 aromatic rings. The lowest BCUT2D eigenvalue weighted by atomic mass is 9.96. The molecule has 344 valence electrons. The van der Waals surface area contributed by atoms with Gasteiger partial charge in [0.05, 0.1) is 87.0 Å². The third kappa shape index (κ3) is 7.41. The summed E-state index contributed by atoms with van der Waals surface area (Å²) in [5.41, 5.74) is 16.8. The van der Waals surface area contributed by atoms with Crippen molar-refractivity contribution in [3.05, 3.63) is 251 Å². The monoisotopic (exact) mass is 952 g/mol. The van der Waals surface area contributed by atoms with Crippen LogP contribution in [0.1, 0.15) is 27.8 Å². The second-order valence-electron chi connectivity index (χ2n) is 18.4. The standard InChI is InChI=1S/C67H36N8/c1-41-28-42(37-68)30-49(29-41)55-36-66(74-62-24-20-43(51-14-6-4-12-47(51)38-69)31-56(62)57-32-44(21-25-63(57)74)52-15-7-5-13-48(52)39-70)50(40-71)35-67(55)75-64-26-22-45(53-16-8-10-18-60(53)72-2)33-58(64)59-34-46(23-27-65(59)75)54-17-9-11-19-61(54)73-3/h4-36H,1H3. The maximum Gasteiger partial charge on any atom is 0.194 e. The van der Waals surface area contributed by atoms with Gasteiger partial charge in [0.25, 0.3) is 0 Å². The minimum atomic E-state index is 0.388. The number of benzene rings is 10. The van der Waals surface area contributed by atoms with Crippen LogP contribution in [0, 0.1) is 65.4 Å². The molecule has 0 saturated heterocycles. The summed E-state index contributed by atoms with van der Waals surface area (Å²) in [6.07, 6.45) is 0. The average Bonchev–Trinajstić information content (AvgIpc) is 4.05. The van der Waals surface area contributed by atoms with E-state index in [0.717, 1.165) is 105 Å². The first-order chi connectivity index (χ1) is 36.8. The number of para-hydroxylation sites is 2. The van der Waals surface area contributed by atoms with Crippen LogP contribution < -0.4 is 0 Å². The van der Waals surface area contributed by atoms with E-state index in [1.54, 1.807) is 0 Å². The van der Waals surface area contributed by atoms with E-state index in [0.29, 0.717) is 45.0 Å². The number of hydrogen-bond acceptors (Lipinski definition) is 4. The average molecular weight is 953 g/mol. The van der Waals surface area contributed by atoms with Crippen molar-refractivity contribution in [1.82, 2.24) is 9.13 Å². The van der Waals surface area contributed by atoms with Crippen LogP contribution in [0.3, 0.4) is 0 Å². The van der Waals surface area contributed by atoms with E-state index >= 15 is 0 Å². The highest BCUT2D eigenvalue weighted by Gasteiger charge is 2.24. The first-order valence-corrected chi connectivity index (χ1v) is 24.0. The Morgan fingerprint density at radius 2 is 0.747 bits per heavy atom. The lowest BCUT2D eigenvalue weighted by Crippen LogP contribution is -2.04. The maximum atomic E-state index is 11.5. The van der Waals surface area contributed by atoms with Gasteiger partial charge in [-0.25, -0.2) is 9.69 Å². The zero-order valence-corrected chi connectivity index (χ0v) is 40.1. The van der Waals surface area contributed by atoms with E-state index in [4.69, 9.17) is 13.1 Å². The second-order valence-corrected chi connectivity index (χ2v) is 18.4. The van der Waals surface area contributed by atoms with Crippen molar-refractivity contribution in [3.63, 3.8) is 0 Å². The summed E-state index contributed by atoms with van der Waals surface area (Å²) >= 11 is 0. The highest BCUT2D eigenvalue weighted by Crippen LogP contribution is 2.45. The van der Waals surface area contributed by atoms with Gasteiger partial charge < -0.3 is 9.13 Å². The van der Waals surface area contributed by atoms with Crippen LogP contribution in [0.25, 0.3) is 120 Å². The van der Waals surface area contributed by atoms with Crippen LogP contribution >= 0.6 is 0 Å². The van der Waals surface area contributed by atoms with E-state index in [1.807, 2.05) is 159 Å². The Hall–Kier alpha value is -11.3. The summed E-state index contributed by atoms with van der Waals surface area (Å²) in [6.45, 7) is 18.0. The summed E-state index contributed by atoms with van der Waals surface area (Å²) in [5.74, 6) is 0. The summed E-state index contributed by atoms with van der Waals surface area (Å²) in [4.78, 5) is 7.71. The number of aryl methyl sites for hydroxylation is 1. The molecular formula is C67H36N8. The molecule has 0 aliphatic rings. The van der Waals surface area contributed by atoms with Crippen LogP contribution in [0.2, 0.25) is 0 Å². The van der Waals surface area contributed by atoms with Crippen LogP contribution in [0.5, 0.6) is 0 Å². The van der Waals surface area contributed by atoms with Gasteiger partial charge in [0.1, 0.15) is 6.07 Å². The van der Waals surface area contributed by atoms with Crippen LogP contribution in [-0.2, 0) is 0 Å². The van der Waals surface area contributed by atoms with Crippen molar-refractivity contribution < 1.29 is 0 Å². The fraction of sp³-hybridized carbons (Fsp3) is 0.0149. The highest BCUT2D eigenvalue weighted by atomic mass is 15.0. The van der Waals surface area contributed by atoms with Gasteiger partial charge in [-0.2, -0.15) is 21.0 Å². The molecule has 0 fully saturated rings. The summed E-state index contributed by atoms with van der Waals surface area (Å²) in [7, 11) is 0. The molecule has 0 unspecified atom stereocenters. The Morgan fingerprint density at radius 3 is 1.17 bits per heavy atom. The molecule has 0 spiro atoms. The number of nitriles is 4. The van der Waals surface area contributed by atoms with E-state index in [9.17, 15) is 21.0 Å². The zero-order valence-electron chi connectivity index (χ0n) is 40.1. The van der Waals surface area contributed by atoms with Gasteiger partial charge in [0.2, 0.25) is 0 Å². The van der Waals surface area contributed by atoms with Crippen molar-refractivity contribution in [2.45, 2.75) is 6.92 Å². The van der Waals surface area contributed by atoms with E-state index < -0.39 is 0 Å². The SMILES string of the molecule is [C-]#[N+]c1ccccc1-c1ccc2c(c1)c1cc(-c3ccccc3[N+]#[C-])ccc1n2-c1cc(C#N)c(-n2c3ccc(-c4ccccc4C#N)cc3c3cc(-c4ccccc4C#N)ccc32)cc1-c1cc(C)cc(C#N)c1. The van der Waals surface area contributed by atoms with Gasteiger partial charge in [0, 0.05) is 27.1 Å². The summed E-state index contributed by atoms with van der Waals surface area (Å²) in [5, 5.41) is 45.8. The molecule has 8 nitrogen and oxygen atoms in total. The molecule has 0 amide bonds. The minimum absolute atomic E-state index is 0.388. The van der Waals surface area contributed by atoms with Gasteiger partial charge in [-0.05, 0) is 147 Å². The molecule has 0 radical (unpaired) electrons. The molecule has 8 heteroatoms. The topological polar surface area (TPSA) is 114 Å². The molecular weight excluding hydrogens is 917 g/mol. The van der Waals surface area contributed by atoms with E-state index in [-0.39, 0.29) is 0 Å². The van der Waals surface area contributed by atoms with Crippen molar-refractivity contribution in [2.24, 2.45) is 0 Å². The molecule has 10 aromatic carbocycles. The lowest BCUT2D eigenvalue weighted by Gasteiger charge is -2.19. The minimum Gasteiger partial charge on any atom is -0.309 e. The van der Waals surface area contributed by atoms with E-state index in [2.05, 4.69) is 91.6 Å². The molecule has 2 heterocycles. The summed E-state index contributed by atoms with van der Waals surface area (Å²) in [6, 6.07) is 74.4. The number of aromatic nitrogens is 2. The van der Waals surface area contributed by atoms with Crippen LogP contribution in [0.4, 0.5) is 11.4 Å². The molecule has 12 rings (SSSR count). The van der Waals surface area contributed by atoms with Gasteiger partial charge in [-0.3, -0.25) is 0 Å². The smallest absolute Gasteiger partial charge is 0.194 e. The number of rotatable bonds is 7. The quantitative estimate of drug-likeness (QED) is 0.148. The first-order valence-electron chi connectivity index (χ1n) is 24.0. The normalized spacial score (nSPS) is 10.9. The van der Waals surface area contributed by atoms with E-state index in [1.165, 1.54) is 0 Å². The Kier molecular flexibility index (Phi) is 10.9. The lowest BCUT2D eigenvalue weighted by molar-refractivity contribution is 1.13. The Labute approximate surface area is 432 Å². The van der Waals surface area contributed by atoms with Gasteiger partial charge in [-0.1, -0.05) is 115 Å². The van der Waals surface area contributed by atoms with Gasteiger partial charge in [-0.15, -0.1) is 0 Å². The third-order valence-corrected chi connectivity index (χ3v) is 14.2. The van der Waals surface area contributed by atoms with Crippen molar-refractivity contribution in [1.29, 1.82) is 21.0 Å². The zero-order chi connectivity index (χ0) is 51.3. The van der Waals surface area contributed by atoms with Crippen molar-refractivity contribution in [2.75, 3.05) is 0 Å². The molecule has 0 aliphatic heterocycles. The van der Waals surface area contributed by atoms with Crippen LogP contribution in [0.15, 0.2) is 200 Å². The Balaban J connectivity index is 1.18. The highest BCUT2D eigenvalue weighted by molar-refractivity contribution is 6.14. The molecule has 75 heavy (non-hydrogen) atoms. The molecule has 0 atom stereocenters. The molecule has 0 saturated carbocycles. The summed E-state index contributed by atoms with van der Waals surface area (Å²) < 4.78 is 4.29. The molecule has 0 aliphatic carbocycles. The molecule has 2 aromatic heterocycles. The van der Waals surface area contributed by atoms with Crippen molar-refractivity contribution in [3.8, 4) is 91.3 Å². The number of hydrogen-bond donors (Lipinski definition) is 0. The number of nitrogens with zero attached hydrogens (tertiary/aromatic N) is 8. The fourth-order valence-electron chi connectivity index (χ4n) is 10.8. The number of fused-ring (bicyclic) bond motifs is 6. The first kappa shape index (κ1) is 44.9. The Morgan fingerprint density at radius 1 is 0.347 bits per heavy atom. The van der Waals surface area contributed by atoms with Gasteiger partial charge in [0.15, 0.2) is 11.4 Å². The molecule has 0 bridgehead atoms. The van der Waals surface area contributed by atoms with Crippen LogP contribution in [-0.4, -0.2) is 9.13 Å². The fourth-order valence-corrected chi connectivity index (χ4v) is 10.8. The second kappa shape index (κ2) is 18.2. The van der Waals surface area contributed by atoms with Gasteiger partial charge >= 0.3 is 0 Å². The third-order valence-electron chi connectivity index (χ3n) is 14.2. The maximum absolute atomic E-state index is 11.5. The Bertz CT molecular complexity index is 4470.